The first kappa shape index (κ1) is 15.9. The van der Waals surface area contributed by atoms with E-state index in [1.54, 1.807) is 13.2 Å². The van der Waals surface area contributed by atoms with Gasteiger partial charge in [0.15, 0.2) is 11.5 Å². The van der Waals surface area contributed by atoms with Crippen LogP contribution in [0.4, 0.5) is 0 Å². The van der Waals surface area contributed by atoms with E-state index in [0.29, 0.717) is 29.2 Å². The third-order valence-electron chi connectivity index (χ3n) is 2.90. The molecule has 1 atom stereocenters. The minimum absolute atomic E-state index is 0.403. The lowest BCUT2D eigenvalue weighted by molar-refractivity contribution is 0.326. The molecule has 4 heteroatoms. The second-order valence-electron chi connectivity index (χ2n) is 4.40. The van der Waals surface area contributed by atoms with E-state index >= 15 is 0 Å². The van der Waals surface area contributed by atoms with Crippen molar-refractivity contribution in [2.75, 3.05) is 13.7 Å². The minimum Gasteiger partial charge on any atom is -0.493 e. The summed E-state index contributed by atoms with van der Waals surface area (Å²) < 4.78 is 10.8. The molecule has 1 unspecified atom stereocenters. The smallest absolute Gasteiger partial charge is 0.180 e. The highest BCUT2D eigenvalue weighted by molar-refractivity contribution is 6.32. The van der Waals surface area contributed by atoms with Crippen molar-refractivity contribution >= 4 is 11.6 Å². The molecule has 0 aliphatic heterocycles. The van der Waals surface area contributed by atoms with Gasteiger partial charge in [-0.2, -0.15) is 0 Å². The molecule has 1 N–H and O–H groups in total. The van der Waals surface area contributed by atoms with Gasteiger partial charge >= 0.3 is 0 Å². The van der Waals surface area contributed by atoms with Gasteiger partial charge in [0.25, 0.3) is 0 Å². The average molecular weight is 284 g/mol. The lowest BCUT2D eigenvalue weighted by Crippen LogP contribution is -2.24. The number of nitrogens with one attached hydrogen (secondary N) is 1. The van der Waals surface area contributed by atoms with E-state index in [4.69, 9.17) is 21.1 Å². The number of rotatable bonds is 8. The second kappa shape index (κ2) is 8.08. The van der Waals surface area contributed by atoms with E-state index in [9.17, 15) is 0 Å². The van der Waals surface area contributed by atoms with Gasteiger partial charge < -0.3 is 14.8 Å². The highest BCUT2D eigenvalue weighted by atomic mass is 35.5. The molecule has 0 spiro atoms. The van der Waals surface area contributed by atoms with Crippen molar-refractivity contribution in [3.05, 3.63) is 35.4 Å². The summed E-state index contributed by atoms with van der Waals surface area (Å²) in [5, 5.41) is 3.98. The van der Waals surface area contributed by atoms with E-state index < -0.39 is 0 Å². The van der Waals surface area contributed by atoms with Crippen LogP contribution < -0.4 is 14.8 Å². The normalized spacial score (nSPS) is 12.0. The van der Waals surface area contributed by atoms with Gasteiger partial charge in [-0.15, -0.1) is 0 Å². The Bertz CT molecular complexity index is 421. The molecule has 0 bridgehead atoms. The standard InChI is InChI=1S/C15H22ClNO2/c1-5-7-19-15-13(16)8-12(9-14(15)18-4)10-17-11(3)6-2/h5,8-9,11,17H,1,6-7,10H2,2-4H3. The summed E-state index contributed by atoms with van der Waals surface area (Å²) in [6.45, 7) is 9.08. The molecular formula is C15H22ClNO2. The van der Waals surface area contributed by atoms with Crippen LogP contribution in [0.2, 0.25) is 5.02 Å². The molecule has 0 amide bonds. The van der Waals surface area contributed by atoms with Gasteiger partial charge in [-0.25, -0.2) is 0 Å². The Labute approximate surface area is 120 Å². The molecule has 1 aromatic rings. The van der Waals surface area contributed by atoms with Crippen molar-refractivity contribution in [3.63, 3.8) is 0 Å². The molecule has 0 aliphatic carbocycles. The summed E-state index contributed by atoms with van der Waals surface area (Å²) >= 11 is 6.23. The topological polar surface area (TPSA) is 30.5 Å². The van der Waals surface area contributed by atoms with E-state index in [2.05, 4.69) is 25.7 Å². The van der Waals surface area contributed by atoms with Crippen LogP contribution in [-0.2, 0) is 6.54 Å². The van der Waals surface area contributed by atoms with E-state index in [1.165, 1.54) is 0 Å². The van der Waals surface area contributed by atoms with Crippen LogP contribution in [0.5, 0.6) is 11.5 Å². The zero-order valence-electron chi connectivity index (χ0n) is 11.8. The van der Waals surface area contributed by atoms with Gasteiger partial charge in [0.2, 0.25) is 0 Å². The fourth-order valence-corrected chi connectivity index (χ4v) is 1.88. The molecule has 0 saturated heterocycles. The summed E-state index contributed by atoms with van der Waals surface area (Å²) in [6.07, 6.45) is 2.76. The molecule has 3 nitrogen and oxygen atoms in total. The molecule has 0 aliphatic rings. The predicted octanol–water partition coefficient (Wildman–Crippen LogP) is 3.80. The zero-order valence-corrected chi connectivity index (χ0v) is 12.6. The Balaban J connectivity index is 2.85. The lowest BCUT2D eigenvalue weighted by Gasteiger charge is -2.15. The molecule has 0 saturated carbocycles. The second-order valence-corrected chi connectivity index (χ2v) is 4.81. The summed E-state index contributed by atoms with van der Waals surface area (Å²) in [5.74, 6) is 1.21. The number of methoxy groups -OCH3 is 1. The van der Waals surface area contributed by atoms with Gasteiger partial charge in [-0.05, 0) is 31.0 Å². The van der Waals surface area contributed by atoms with Gasteiger partial charge in [0.1, 0.15) is 6.61 Å². The van der Waals surface area contributed by atoms with Crippen LogP contribution in [-0.4, -0.2) is 19.8 Å². The molecule has 0 aromatic heterocycles. The molecule has 0 fully saturated rings. The molecule has 106 valence electrons. The first-order valence-electron chi connectivity index (χ1n) is 6.45. The summed E-state index contributed by atoms with van der Waals surface area (Å²) in [6, 6.07) is 4.32. The van der Waals surface area contributed by atoms with Crippen LogP contribution in [0.25, 0.3) is 0 Å². The fourth-order valence-electron chi connectivity index (χ4n) is 1.59. The Morgan fingerprint density at radius 1 is 1.47 bits per heavy atom. The zero-order chi connectivity index (χ0) is 14.3. The fraction of sp³-hybridized carbons (Fsp3) is 0.467. The van der Waals surface area contributed by atoms with Crippen molar-refractivity contribution in [2.45, 2.75) is 32.9 Å². The van der Waals surface area contributed by atoms with Crippen molar-refractivity contribution < 1.29 is 9.47 Å². The maximum absolute atomic E-state index is 6.23. The van der Waals surface area contributed by atoms with Gasteiger partial charge in [0, 0.05) is 12.6 Å². The van der Waals surface area contributed by atoms with Crippen molar-refractivity contribution in [1.82, 2.24) is 5.32 Å². The van der Waals surface area contributed by atoms with Crippen molar-refractivity contribution in [2.24, 2.45) is 0 Å². The lowest BCUT2D eigenvalue weighted by atomic mass is 10.1. The molecule has 1 aromatic carbocycles. The van der Waals surface area contributed by atoms with Gasteiger partial charge in [-0.1, -0.05) is 31.2 Å². The summed E-state index contributed by atoms with van der Waals surface area (Å²) in [4.78, 5) is 0. The number of halogens is 1. The summed E-state index contributed by atoms with van der Waals surface area (Å²) in [5.41, 5.74) is 1.08. The largest absolute Gasteiger partial charge is 0.493 e. The third-order valence-corrected chi connectivity index (χ3v) is 3.18. The minimum atomic E-state index is 0.403. The van der Waals surface area contributed by atoms with Crippen LogP contribution in [0.1, 0.15) is 25.8 Å². The molecule has 0 heterocycles. The summed E-state index contributed by atoms with van der Waals surface area (Å²) in [7, 11) is 1.61. The molecular weight excluding hydrogens is 262 g/mol. The Hall–Kier alpha value is -1.19. The maximum Gasteiger partial charge on any atom is 0.180 e. The van der Waals surface area contributed by atoms with Crippen LogP contribution in [0.15, 0.2) is 24.8 Å². The van der Waals surface area contributed by atoms with Crippen LogP contribution >= 0.6 is 11.6 Å². The van der Waals surface area contributed by atoms with Gasteiger partial charge in [0.05, 0.1) is 12.1 Å². The van der Waals surface area contributed by atoms with E-state index in [0.717, 1.165) is 18.5 Å². The Kier molecular flexibility index (Phi) is 6.74. The Morgan fingerprint density at radius 2 is 2.21 bits per heavy atom. The van der Waals surface area contributed by atoms with E-state index in [1.807, 2.05) is 12.1 Å². The number of hydrogen-bond acceptors (Lipinski definition) is 3. The van der Waals surface area contributed by atoms with Gasteiger partial charge in [-0.3, -0.25) is 0 Å². The third kappa shape index (κ3) is 4.77. The number of hydrogen-bond donors (Lipinski definition) is 1. The first-order chi connectivity index (χ1) is 9.12. The highest BCUT2D eigenvalue weighted by Crippen LogP contribution is 2.36. The Morgan fingerprint density at radius 3 is 2.79 bits per heavy atom. The SMILES string of the molecule is C=CCOc1c(Cl)cc(CNC(C)CC)cc1OC. The first-order valence-corrected chi connectivity index (χ1v) is 6.83. The average Bonchev–Trinajstić information content (AvgIpc) is 2.42. The maximum atomic E-state index is 6.23. The molecule has 1 rings (SSSR count). The number of ether oxygens (including phenoxy) is 2. The molecule has 19 heavy (non-hydrogen) atoms. The quantitative estimate of drug-likeness (QED) is 0.736. The number of benzene rings is 1. The molecule has 0 radical (unpaired) electrons. The highest BCUT2D eigenvalue weighted by Gasteiger charge is 2.12. The van der Waals surface area contributed by atoms with Crippen LogP contribution in [0.3, 0.4) is 0 Å². The van der Waals surface area contributed by atoms with Crippen molar-refractivity contribution in [3.8, 4) is 11.5 Å². The predicted molar refractivity (Wildman–Crippen MR) is 80.3 cm³/mol. The van der Waals surface area contributed by atoms with Crippen LogP contribution in [0, 0.1) is 0 Å². The monoisotopic (exact) mass is 283 g/mol. The van der Waals surface area contributed by atoms with E-state index in [-0.39, 0.29) is 0 Å². The van der Waals surface area contributed by atoms with Crippen molar-refractivity contribution in [1.29, 1.82) is 0 Å².